The van der Waals surface area contributed by atoms with Crippen molar-refractivity contribution >= 4 is 23.4 Å². The van der Waals surface area contributed by atoms with Crippen LogP contribution in [0.25, 0.3) is 0 Å². The molecule has 3 N–H and O–H groups in total. The van der Waals surface area contributed by atoms with Gasteiger partial charge >= 0.3 is 0 Å². The Morgan fingerprint density at radius 1 is 1.23 bits per heavy atom. The second-order valence-corrected chi connectivity index (χ2v) is 7.82. The van der Waals surface area contributed by atoms with Gasteiger partial charge in [-0.2, -0.15) is 0 Å². The number of likely N-dealkylation sites (tertiary alicyclic amines) is 1. The highest BCUT2D eigenvalue weighted by Gasteiger charge is 2.45. The number of benzene rings is 1. The molecule has 2 amide bonds. The topological polar surface area (TPSA) is 73.5 Å². The summed E-state index contributed by atoms with van der Waals surface area (Å²) in [6.07, 6.45) is 3.19. The number of hydrogen-bond acceptors (Lipinski definition) is 4. The van der Waals surface area contributed by atoms with Crippen molar-refractivity contribution in [1.29, 1.82) is 0 Å². The molecule has 2 aliphatic heterocycles. The summed E-state index contributed by atoms with van der Waals surface area (Å²) in [4.78, 5) is 26.8. The van der Waals surface area contributed by atoms with Gasteiger partial charge < -0.3 is 16.0 Å². The van der Waals surface area contributed by atoms with Crippen LogP contribution in [0.3, 0.4) is 0 Å². The molecule has 142 valence electrons. The fourth-order valence-electron chi connectivity index (χ4n) is 4.10. The summed E-state index contributed by atoms with van der Waals surface area (Å²) in [7, 11) is 2.03. The Kier molecular flexibility index (Phi) is 6.16. The minimum Gasteiger partial charge on any atom is -0.353 e. The fraction of sp³-hybridized carbons (Fsp3) is 0.579. The Morgan fingerprint density at radius 3 is 2.65 bits per heavy atom. The van der Waals surface area contributed by atoms with Crippen LogP contribution in [0.4, 0.5) is 0 Å². The van der Waals surface area contributed by atoms with Crippen molar-refractivity contribution in [2.45, 2.75) is 25.3 Å². The van der Waals surface area contributed by atoms with Gasteiger partial charge in [0, 0.05) is 19.6 Å². The Balaban J connectivity index is 1.43. The molecule has 26 heavy (non-hydrogen) atoms. The first-order valence-electron chi connectivity index (χ1n) is 9.22. The number of piperidine rings is 1. The second-order valence-electron chi connectivity index (χ2n) is 7.41. The van der Waals surface area contributed by atoms with Crippen LogP contribution in [0.1, 0.15) is 29.6 Å². The van der Waals surface area contributed by atoms with Crippen LogP contribution in [0.15, 0.2) is 24.3 Å². The molecule has 1 atom stereocenters. The summed E-state index contributed by atoms with van der Waals surface area (Å²) in [5, 5.41) is 9.57. The SMILES string of the molecule is CN1CC2(CCNCC2)C[C@H]1C(=O)NCCNC(=O)c1ccccc1Cl. The lowest BCUT2D eigenvalue weighted by molar-refractivity contribution is -0.125. The van der Waals surface area contributed by atoms with E-state index >= 15 is 0 Å². The molecular weight excluding hydrogens is 352 g/mol. The highest BCUT2D eigenvalue weighted by molar-refractivity contribution is 6.33. The quantitative estimate of drug-likeness (QED) is 0.674. The van der Waals surface area contributed by atoms with Gasteiger partial charge in [-0.3, -0.25) is 14.5 Å². The molecule has 2 heterocycles. The number of nitrogens with zero attached hydrogens (tertiary/aromatic N) is 1. The largest absolute Gasteiger partial charge is 0.353 e. The Bertz CT molecular complexity index is 661. The predicted octanol–water partition coefficient (Wildman–Crippen LogP) is 1.26. The van der Waals surface area contributed by atoms with Crippen LogP contribution in [-0.2, 0) is 4.79 Å². The number of halogens is 1. The third kappa shape index (κ3) is 4.37. The lowest BCUT2D eigenvalue weighted by Crippen LogP contribution is -2.44. The van der Waals surface area contributed by atoms with Gasteiger partial charge in [-0.05, 0) is 56.9 Å². The van der Waals surface area contributed by atoms with Crippen molar-refractivity contribution in [2.24, 2.45) is 5.41 Å². The van der Waals surface area contributed by atoms with E-state index < -0.39 is 0 Å². The summed E-state index contributed by atoms with van der Waals surface area (Å²) in [6, 6.07) is 6.85. The number of likely N-dealkylation sites (N-methyl/N-ethyl adjacent to an activating group) is 1. The van der Waals surface area contributed by atoms with Gasteiger partial charge in [0.15, 0.2) is 0 Å². The molecule has 0 unspecified atom stereocenters. The van der Waals surface area contributed by atoms with Crippen molar-refractivity contribution in [3.05, 3.63) is 34.9 Å². The molecule has 6 nitrogen and oxygen atoms in total. The number of nitrogens with one attached hydrogen (secondary N) is 3. The lowest BCUT2D eigenvalue weighted by atomic mass is 9.77. The lowest BCUT2D eigenvalue weighted by Gasteiger charge is -2.33. The Labute approximate surface area is 159 Å². The highest BCUT2D eigenvalue weighted by atomic mass is 35.5. The smallest absolute Gasteiger partial charge is 0.252 e. The van der Waals surface area contributed by atoms with E-state index in [-0.39, 0.29) is 23.3 Å². The van der Waals surface area contributed by atoms with Gasteiger partial charge in [0.25, 0.3) is 5.91 Å². The van der Waals surface area contributed by atoms with Crippen LogP contribution in [0, 0.1) is 5.41 Å². The number of rotatable bonds is 5. The van der Waals surface area contributed by atoms with E-state index in [0.717, 1.165) is 38.9 Å². The number of hydrogen-bond donors (Lipinski definition) is 3. The zero-order valence-corrected chi connectivity index (χ0v) is 15.9. The summed E-state index contributed by atoms with van der Waals surface area (Å²) in [6.45, 7) is 3.84. The molecule has 1 aromatic rings. The van der Waals surface area contributed by atoms with Crippen LogP contribution < -0.4 is 16.0 Å². The van der Waals surface area contributed by atoms with E-state index in [1.165, 1.54) is 0 Å². The van der Waals surface area contributed by atoms with E-state index in [0.29, 0.717) is 23.7 Å². The molecule has 2 saturated heterocycles. The van der Waals surface area contributed by atoms with Crippen molar-refractivity contribution in [3.8, 4) is 0 Å². The van der Waals surface area contributed by atoms with E-state index in [1.807, 2.05) is 7.05 Å². The van der Waals surface area contributed by atoms with E-state index in [9.17, 15) is 9.59 Å². The first kappa shape index (κ1) is 19.1. The van der Waals surface area contributed by atoms with Crippen LogP contribution >= 0.6 is 11.6 Å². The fourth-order valence-corrected chi connectivity index (χ4v) is 4.32. The van der Waals surface area contributed by atoms with Crippen LogP contribution in [-0.4, -0.2) is 62.5 Å². The second kappa shape index (κ2) is 8.37. The van der Waals surface area contributed by atoms with E-state index in [1.54, 1.807) is 24.3 Å². The van der Waals surface area contributed by atoms with Crippen LogP contribution in [0.2, 0.25) is 5.02 Å². The molecule has 0 saturated carbocycles. The highest BCUT2D eigenvalue weighted by Crippen LogP contribution is 2.41. The molecule has 0 aliphatic carbocycles. The number of carbonyl (C=O) groups excluding carboxylic acids is 2. The van der Waals surface area contributed by atoms with E-state index in [2.05, 4.69) is 20.9 Å². The monoisotopic (exact) mass is 378 g/mol. The van der Waals surface area contributed by atoms with Crippen molar-refractivity contribution in [3.63, 3.8) is 0 Å². The molecular formula is C19H27ClN4O2. The molecule has 3 rings (SSSR count). The van der Waals surface area contributed by atoms with Gasteiger partial charge in [0.05, 0.1) is 16.6 Å². The van der Waals surface area contributed by atoms with Crippen molar-refractivity contribution < 1.29 is 9.59 Å². The Hall–Kier alpha value is -1.63. The average molecular weight is 379 g/mol. The number of amides is 2. The summed E-state index contributed by atoms with van der Waals surface area (Å²) < 4.78 is 0. The molecule has 1 spiro atoms. The summed E-state index contributed by atoms with van der Waals surface area (Å²) in [5.41, 5.74) is 0.726. The van der Waals surface area contributed by atoms with Gasteiger partial charge in [-0.25, -0.2) is 0 Å². The maximum absolute atomic E-state index is 12.5. The molecule has 0 radical (unpaired) electrons. The number of carbonyl (C=O) groups is 2. The van der Waals surface area contributed by atoms with Crippen molar-refractivity contribution in [2.75, 3.05) is 39.8 Å². The third-order valence-corrected chi connectivity index (χ3v) is 5.87. The normalized spacial score (nSPS) is 22.3. The van der Waals surface area contributed by atoms with Gasteiger partial charge in [-0.1, -0.05) is 23.7 Å². The molecule has 1 aromatic carbocycles. The average Bonchev–Trinajstić information content (AvgIpc) is 2.95. The molecule has 2 fully saturated rings. The zero-order chi connectivity index (χ0) is 18.6. The minimum absolute atomic E-state index is 0.0508. The molecule has 7 heteroatoms. The summed E-state index contributed by atoms with van der Waals surface area (Å²) >= 11 is 6.01. The predicted molar refractivity (Wildman–Crippen MR) is 102 cm³/mol. The van der Waals surface area contributed by atoms with Gasteiger partial charge in [-0.15, -0.1) is 0 Å². The zero-order valence-electron chi connectivity index (χ0n) is 15.2. The van der Waals surface area contributed by atoms with Crippen LogP contribution in [0.5, 0.6) is 0 Å². The maximum atomic E-state index is 12.5. The van der Waals surface area contributed by atoms with E-state index in [4.69, 9.17) is 11.6 Å². The molecule has 2 aliphatic rings. The third-order valence-electron chi connectivity index (χ3n) is 5.54. The minimum atomic E-state index is -0.225. The Morgan fingerprint density at radius 2 is 1.92 bits per heavy atom. The summed E-state index contributed by atoms with van der Waals surface area (Å²) in [5.74, 6) is -0.175. The molecule has 0 bridgehead atoms. The van der Waals surface area contributed by atoms with Gasteiger partial charge in [0.2, 0.25) is 5.91 Å². The van der Waals surface area contributed by atoms with Gasteiger partial charge in [0.1, 0.15) is 0 Å². The standard InChI is InChI=1S/C19H27ClN4O2/c1-24-13-19(6-8-21-9-7-19)12-16(24)18(26)23-11-10-22-17(25)14-4-2-3-5-15(14)20/h2-5,16,21H,6-13H2,1H3,(H,22,25)(H,23,26)/t16-/m0/s1. The molecule has 0 aromatic heterocycles. The first-order valence-corrected chi connectivity index (χ1v) is 9.60. The van der Waals surface area contributed by atoms with Crippen molar-refractivity contribution in [1.82, 2.24) is 20.9 Å². The maximum Gasteiger partial charge on any atom is 0.252 e. The first-order chi connectivity index (χ1) is 12.5.